The van der Waals surface area contributed by atoms with Crippen LogP contribution in [0, 0.1) is 0 Å². The number of likely N-dealkylation sites (N-methyl/N-ethyl adjacent to an activating group) is 1. The summed E-state index contributed by atoms with van der Waals surface area (Å²) in [4.78, 5) is 23.5. The lowest BCUT2D eigenvalue weighted by Gasteiger charge is -2.13. The minimum Gasteiger partial charge on any atom is -0.380 e. The molecule has 5 heteroatoms. The average Bonchev–Trinajstić information content (AvgIpc) is 2.39. The predicted octanol–water partition coefficient (Wildman–Crippen LogP) is 1.09. The summed E-state index contributed by atoms with van der Waals surface area (Å²) in [5.74, 6) is -0.458. The van der Waals surface area contributed by atoms with Crippen molar-refractivity contribution < 1.29 is 14.3 Å². The highest BCUT2D eigenvalue weighted by atomic mass is 16.5. The van der Waals surface area contributed by atoms with Crippen LogP contribution in [0.25, 0.3) is 0 Å². The fourth-order valence-electron chi connectivity index (χ4n) is 1.64. The van der Waals surface area contributed by atoms with Gasteiger partial charge in [0.25, 0.3) is 5.91 Å². The number of carbonyl (C=O) groups excluding carboxylic acids is 2. The first kappa shape index (κ1) is 15.2. The van der Waals surface area contributed by atoms with Gasteiger partial charge in [0.05, 0.1) is 6.61 Å². The molecule has 0 spiro atoms. The van der Waals surface area contributed by atoms with Crippen molar-refractivity contribution in [2.45, 2.75) is 26.5 Å². The van der Waals surface area contributed by atoms with E-state index in [1.165, 1.54) is 0 Å². The monoisotopic (exact) mass is 264 g/mol. The second-order valence-corrected chi connectivity index (χ2v) is 4.22. The molecular weight excluding hydrogens is 244 g/mol. The van der Waals surface area contributed by atoms with Crippen molar-refractivity contribution in [2.75, 3.05) is 13.7 Å². The van der Waals surface area contributed by atoms with E-state index in [1.807, 2.05) is 13.0 Å². The van der Waals surface area contributed by atoms with Crippen molar-refractivity contribution in [2.24, 2.45) is 0 Å². The molecule has 5 nitrogen and oxygen atoms in total. The molecule has 1 rings (SSSR count). The Hall–Kier alpha value is -1.88. The minimum absolute atomic E-state index is 0.191. The van der Waals surface area contributed by atoms with Crippen molar-refractivity contribution >= 4 is 11.8 Å². The van der Waals surface area contributed by atoms with Crippen molar-refractivity contribution in [3.8, 4) is 0 Å². The van der Waals surface area contributed by atoms with Crippen molar-refractivity contribution in [1.29, 1.82) is 0 Å². The number of amides is 2. The molecule has 104 valence electrons. The second-order valence-electron chi connectivity index (χ2n) is 4.22. The van der Waals surface area contributed by atoms with Crippen LogP contribution in [-0.4, -0.2) is 31.5 Å². The molecule has 0 fully saturated rings. The van der Waals surface area contributed by atoms with Gasteiger partial charge in [-0.3, -0.25) is 9.59 Å². The Morgan fingerprint density at radius 3 is 2.74 bits per heavy atom. The summed E-state index contributed by atoms with van der Waals surface area (Å²) in [6, 6.07) is 6.58. The lowest BCUT2D eigenvalue weighted by Crippen LogP contribution is -2.44. The standard InChI is InChI=1S/C14H20N2O3/c1-4-15-13(17)10(2)16-14(18)12-7-5-6-11(8-12)9-19-3/h5-8,10H,4,9H2,1-3H3,(H,15,17)(H,16,18)/t10-/m0/s1. The van der Waals surface area contributed by atoms with Gasteiger partial charge >= 0.3 is 0 Å². The molecule has 0 saturated heterocycles. The van der Waals surface area contributed by atoms with Gasteiger partial charge in [-0.05, 0) is 31.5 Å². The van der Waals surface area contributed by atoms with Gasteiger partial charge < -0.3 is 15.4 Å². The summed E-state index contributed by atoms with van der Waals surface area (Å²) >= 11 is 0. The zero-order valence-corrected chi connectivity index (χ0v) is 11.5. The normalized spacial score (nSPS) is 11.7. The molecule has 0 heterocycles. The van der Waals surface area contributed by atoms with Gasteiger partial charge in [0.2, 0.25) is 5.91 Å². The quantitative estimate of drug-likeness (QED) is 0.808. The molecule has 1 aromatic rings. The van der Waals surface area contributed by atoms with Gasteiger partial charge in [0.15, 0.2) is 0 Å². The molecule has 1 aromatic carbocycles. The zero-order valence-electron chi connectivity index (χ0n) is 11.5. The third-order valence-corrected chi connectivity index (χ3v) is 2.59. The van der Waals surface area contributed by atoms with E-state index in [0.717, 1.165) is 5.56 Å². The first-order chi connectivity index (χ1) is 9.08. The number of hydrogen-bond donors (Lipinski definition) is 2. The van der Waals surface area contributed by atoms with Crippen LogP contribution in [0.1, 0.15) is 29.8 Å². The Kier molecular flexibility index (Phi) is 6.02. The SMILES string of the molecule is CCNC(=O)[C@H](C)NC(=O)c1cccc(COC)c1. The molecule has 2 N–H and O–H groups in total. The molecule has 19 heavy (non-hydrogen) atoms. The Morgan fingerprint density at radius 1 is 1.37 bits per heavy atom. The number of hydrogen-bond acceptors (Lipinski definition) is 3. The zero-order chi connectivity index (χ0) is 14.3. The summed E-state index contributed by atoms with van der Waals surface area (Å²) in [5, 5.41) is 5.32. The van der Waals surface area contributed by atoms with Crippen LogP contribution in [-0.2, 0) is 16.1 Å². The highest BCUT2D eigenvalue weighted by Crippen LogP contribution is 2.06. The molecule has 0 unspecified atom stereocenters. The Morgan fingerprint density at radius 2 is 2.11 bits per heavy atom. The van der Waals surface area contributed by atoms with E-state index in [4.69, 9.17) is 4.74 Å². The maximum absolute atomic E-state index is 12.0. The van der Waals surface area contributed by atoms with Crippen molar-refractivity contribution in [1.82, 2.24) is 10.6 Å². The molecular formula is C14H20N2O3. The van der Waals surface area contributed by atoms with Gasteiger partial charge in [0.1, 0.15) is 6.04 Å². The van der Waals surface area contributed by atoms with E-state index in [2.05, 4.69) is 10.6 Å². The molecule has 0 radical (unpaired) electrons. The van der Waals surface area contributed by atoms with Crippen molar-refractivity contribution in [3.05, 3.63) is 35.4 Å². The number of benzene rings is 1. The first-order valence-corrected chi connectivity index (χ1v) is 6.25. The van der Waals surface area contributed by atoms with Crippen molar-refractivity contribution in [3.63, 3.8) is 0 Å². The molecule has 0 aliphatic heterocycles. The highest BCUT2D eigenvalue weighted by molar-refractivity contribution is 5.97. The second kappa shape index (κ2) is 7.53. The highest BCUT2D eigenvalue weighted by Gasteiger charge is 2.15. The van der Waals surface area contributed by atoms with Gasteiger partial charge in [-0.25, -0.2) is 0 Å². The van der Waals surface area contributed by atoms with Gasteiger partial charge in [-0.15, -0.1) is 0 Å². The molecule has 2 amide bonds. The third kappa shape index (κ3) is 4.71. The van der Waals surface area contributed by atoms with E-state index < -0.39 is 6.04 Å². The van der Waals surface area contributed by atoms with E-state index in [-0.39, 0.29) is 11.8 Å². The molecule has 0 aliphatic carbocycles. The number of nitrogens with one attached hydrogen (secondary N) is 2. The van der Waals surface area contributed by atoms with Gasteiger partial charge in [-0.1, -0.05) is 12.1 Å². The summed E-state index contributed by atoms with van der Waals surface area (Å²) in [6.45, 7) is 4.48. The van der Waals surface area contributed by atoms with E-state index in [0.29, 0.717) is 18.7 Å². The maximum Gasteiger partial charge on any atom is 0.251 e. The average molecular weight is 264 g/mol. The number of ether oxygens (including phenoxy) is 1. The summed E-state index contributed by atoms with van der Waals surface area (Å²) < 4.78 is 5.02. The third-order valence-electron chi connectivity index (χ3n) is 2.59. The predicted molar refractivity (Wildman–Crippen MR) is 72.8 cm³/mol. The molecule has 0 aromatic heterocycles. The number of rotatable bonds is 6. The summed E-state index contributed by atoms with van der Waals surface area (Å²) in [5.41, 5.74) is 1.44. The van der Waals surface area contributed by atoms with Gasteiger partial charge in [0, 0.05) is 19.2 Å². The van der Waals surface area contributed by atoms with Crippen LogP contribution in [0.4, 0.5) is 0 Å². The number of carbonyl (C=O) groups is 2. The molecule has 0 bridgehead atoms. The molecule has 0 aliphatic rings. The molecule has 1 atom stereocenters. The topological polar surface area (TPSA) is 67.4 Å². The first-order valence-electron chi connectivity index (χ1n) is 6.25. The van der Waals surface area contributed by atoms with E-state index >= 15 is 0 Å². The minimum atomic E-state index is -0.557. The van der Waals surface area contributed by atoms with Crippen LogP contribution < -0.4 is 10.6 Å². The van der Waals surface area contributed by atoms with E-state index in [1.54, 1.807) is 32.2 Å². The fraction of sp³-hybridized carbons (Fsp3) is 0.429. The lowest BCUT2D eigenvalue weighted by molar-refractivity contribution is -0.122. The Bertz CT molecular complexity index is 446. The van der Waals surface area contributed by atoms with Crippen LogP contribution >= 0.6 is 0 Å². The lowest BCUT2D eigenvalue weighted by atomic mass is 10.1. The smallest absolute Gasteiger partial charge is 0.251 e. The number of methoxy groups -OCH3 is 1. The Balaban J connectivity index is 2.67. The van der Waals surface area contributed by atoms with Crippen LogP contribution in [0.3, 0.4) is 0 Å². The van der Waals surface area contributed by atoms with Crippen LogP contribution in [0.15, 0.2) is 24.3 Å². The fourth-order valence-corrected chi connectivity index (χ4v) is 1.64. The van der Waals surface area contributed by atoms with Crippen LogP contribution in [0.5, 0.6) is 0 Å². The summed E-state index contributed by atoms with van der Waals surface area (Å²) in [7, 11) is 1.60. The summed E-state index contributed by atoms with van der Waals surface area (Å²) in [6.07, 6.45) is 0. The van der Waals surface area contributed by atoms with E-state index in [9.17, 15) is 9.59 Å². The van der Waals surface area contributed by atoms with Crippen LogP contribution in [0.2, 0.25) is 0 Å². The maximum atomic E-state index is 12.0. The largest absolute Gasteiger partial charge is 0.380 e. The molecule has 0 saturated carbocycles. The Labute approximate surface area is 113 Å². The van der Waals surface area contributed by atoms with Gasteiger partial charge in [-0.2, -0.15) is 0 Å².